The first-order valence-corrected chi connectivity index (χ1v) is 4.95. The summed E-state index contributed by atoms with van der Waals surface area (Å²) in [6.07, 6.45) is 4.28. The van der Waals surface area contributed by atoms with Crippen LogP contribution in [0.4, 0.5) is 0 Å². The topological polar surface area (TPSA) is 17.1 Å². The Labute approximate surface area is 85.5 Å². The van der Waals surface area contributed by atoms with Crippen LogP contribution >= 0.6 is 0 Å². The van der Waals surface area contributed by atoms with E-state index in [2.05, 4.69) is 6.58 Å². The van der Waals surface area contributed by atoms with Crippen LogP contribution < -0.4 is 0 Å². The van der Waals surface area contributed by atoms with E-state index in [9.17, 15) is 4.79 Å². The molecule has 0 radical (unpaired) electrons. The summed E-state index contributed by atoms with van der Waals surface area (Å²) in [6, 6.07) is 7.73. The van der Waals surface area contributed by atoms with E-state index in [0.29, 0.717) is 6.42 Å². The van der Waals surface area contributed by atoms with Crippen LogP contribution in [-0.2, 0) is 0 Å². The summed E-state index contributed by atoms with van der Waals surface area (Å²) in [5.41, 5.74) is 2.01. The number of hydrogen-bond donors (Lipinski definition) is 0. The van der Waals surface area contributed by atoms with Crippen molar-refractivity contribution in [1.82, 2.24) is 0 Å². The summed E-state index contributed by atoms with van der Waals surface area (Å²) in [6.45, 7) is 5.65. The van der Waals surface area contributed by atoms with E-state index in [1.165, 1.54) is 5.56 Å². The second kappa shape index (κ2) is 5.38. The van der Waals surface area contributed by atoms with Gasteiger partial charge in [0, 0.05) is 12.0 Å². The van der Waals surface area contributed by atoms with Crippen molar-refractivity contribution in [3.8, 4) is 0 Å². The molecule has 0 aliphatic rings. The average Bonchev–Trinajstić information content (AvgIpc) is 2.19. The smallest absolute Gasteiger partial charge is 0.162 e. The maximum atomic E-state index is 11.6. The third-order valence-corrected chi connectivity index (χ3v) is 2.19. The van der Waals surface area contributed by atoms with Crippen molar-refractivity contribution < 1.29 is 4.79 Å². The van der Waals surface area contributed by atoms with Crippen molar-refractivity contribution in [3.05, 3.63) is 48.0 Å². The summed E-state index contributed by atoms with van der Waals surface area (Å²) in [7, 11) is 0. The summed E-state index contributed by atoms with van der Waals surface area (Å²) < 4.78 is 0. The average molecular weight is 188 g/mol. The van der Waals surface area contributed by atoms with Gasteiger partial charge >= 0.3 is 0 Å². The Bertz CT molecular complexity index is 309. The van der Waals surface area contributed by atoms with E-state index in [0.717, 1.165) is 18.4 Å². The van der Waals surface area contributed by atoms with E-state index in [1.807, 2.05) is 37.3 Å². The van der Waals surface area contributed by atoms with Gasteiger partial charge in [-0.25, -0.2) is 0 Å². The minimum absolute atomic E-state index is 0.229. The first kappa shape index (κ1) is 10.7. The van der Waals surface area contributed by atoms with Gasteiger partial charge in [0.25, 0.3) is 0 Å². The second-order valence-electron chi connectivity index (χ2n) is 3.47. The second-order valence-corrected chi connectivity index (χ2v) is 3.47. The molecule has 0 fully saturated rings. The van der Waals surface area contributed by atoms with Crippen LogP contribution in [0, 0.1) is 6.92 Å². The molecule has 1 heteroatoms. The fourth-order valence-electron chi connectivity index (χ4n) is 1.29. The van der Waals surface area contributed by atoms with E-state index in [-0.39, 0.29) is 5.78 Å². The van der Waals surface area contributed by atoms with Crippen LogP contribution in [0.3, 0.4) is 0 Å². The molecule has 1 nitrogen and oxygen atoms in total. The van der Waals surface area contributed by atoms with E-state index < -0.39 is 0 Å². The Balaban J connectivity index is 2.52. The zero-order chi connectivity index (χ0) is 10.4. The minimum atomic E-state index is 0.229. The summed E-state index contributed by atoms with van der Waals surface area (Å²) in [5.74, 6) is 0.229. The van der Waals surface area contributed by atoms with Crippen molar-refractivity contribution in [2.45, 2.75) is 26.2 Å². The molecule has 74 valence electrons. The van der Waals surface area contributed by atoms with Gasteiger partial charge in [-0.15, -0.1) is 6.58 Å². The van der Waals surface area contributed by atoms with Gasteiger partial charge in [0.15, 0.2) is 5.78 Å². The fraction of sp³-hybridized carbons (Fsp3) is 0.308. The molecule has 0 amide bonds. The molecule has 0 spiro atoms. The van der Waals surface area contributed by atoms with Crippen LogP contribution in [0.25, 0.3) is 0 Å². The highest BCUT2D eigenvalue weighted by atomic mass is 16.1. The van der Waals surface area contributed by atoms with E-state index >= 15 is 0 Å². The molecule has 0 saturated heterocycles. The number of Topliss-reactive ketones (excluding diaryl/α,β-unsaturated/α-hetero) is 1. The molecule has 0 unspecified atom stereocenters. The summed E-state index contributed by atoms with van der Waals surface area (Å²) in [4.78, 5) is 11.6. The number of carbonyl (C=O) groups excluding carboxylic acids is 1. The zero-order valence-corrected chi connectivity index (χ0v) is 8.62. The molecule has 0 saturated carbocycles. The Morgan fingerprint density at radius 3 is 2.57 bits per heavy atom. The lowest BCUT2D eigenvalue weighted by atomic mass is 10.0. The van der Waals surface area contributed by atoms with Crippen molar-refractivity contribution in [3.63, 3.8) is 0 Å². The van der Waals surface area contributed by atoms with Gasteiger partial charge < -0.3 is 0 Å². The lowest BCUT2D eigenvalue weighted by molar-refractivity contribution is 0.0980. The van der Waals surface area contributed by atoms with E-state index in [4.69, 9.17) is 0 Å². The third kappa shape index (κ3) is 3.17. The molecule has 1 rings (SSSR count). The first-order valence-electron chi connectivity index (χ1n) is 4.95. The maximum Gasteiger partial charge on any atom is 0.162 e. The van der Waals surface area contributed by atoms with Gasteiger partial charge in [0.05, 0.1) is 0 Å². The Hall–Kier alpha value is -1.37. The summed E-state index contributed by atoms with van der Waals surface area (Å²) in [5, 5.41) is 0. The molecule has 1 aromatic rings. The number of ketones is 1. The Morgan fingerprint density at radius 1 is 1.36 bits per heavy atom. The van der Waals surface area contributed by atoms with Crippen molar-refractivity contribution in [2.24, 2.45) is 0 Å². The van der Waals surface area contributed by atoms with Gasteiger partial charge in [-0.05, 0) is 19.8 Å². The van der Waals surface area contributed by atoms with Gasteiger partial charge in [-0.3, -0.25) is 4.79 Å². The largest absolute Gasteiger partial charge is 0.294 e. The molecule has 0 aliphatic heterocycles. The predicted octanol–water partition coefficient (Wildman–Crippen LogP) is 3.53. The van der Waals surface area contributed by atoms with Crippen LogP contribution in [0.1, 0.15) is 35.2 Å². The van der Waals surface area contributed by atoms with E-state index in [1.54, 1.807) is 0 Å². The molecule has 0 heterocycles. The standard InChI is InChI=1S/C13H16O/c1-3-4-5-6-13(14)12-9-7-11(2)8-10-12/h3,7-10H,1,4-6H2,2H3. The number of allylic oxidation sites excluding steroid dienone is 1. The first-order chi connectivity index (χ1) is 6.74. The minimum Gasteiger partial charge on any atom is -0.294 e. The summed E-state index contributed by atoms with van der Waals surface area (Å²) >= 11 is 0. The predicted molar refractivity (Wildman–Crippen MR) is 59.6 cm³/mol. The van der Waals surface area contributed by atoms with Gasteiger partial charge in [0.1, 0.15) is 0 Å². The highest BCUT2D eigenvalue weighted by molar-refractivity contribution is 5.96. The Kier molecular flexibility index (Phi) is 4.11. The fourth-order valence-corrected chi connectivity index (χ4v) is 1.29. The van der Waals surface area contributed by atoms with Gasteiger partial charge in [-0.2, -0.15) is 0 Å². The monoisotopic (exact) mass is 188 g/mol. The lowest BCUT2D eigenvalue weighted by Crippen LogP contribution is -1.98. The third-order valence-electron chi connectivity index (χ3n) is 2.19. The molecule has 0 bridgehead atoms. The highest BCUT2D eigenvalue weighted by Crippen LogP contribution is 2.08. The lowest BCUT2D eigenvalue weighted by Gasteiger charge is -2.00. The molecular weight excluding hydrogens is 172 g/mol. The molecule has 0 N–H and O–H groups in total. The quantitative estimate of drug-likeness (QED) is 0.392. The molecule has 14 heavy (non-hydrogen) atoms. The van der Waals surface area contributed by atoms with Crippen LogP contribution in [0.15, 0.2) is 36.9 Å². The van der Waals surface area contributed by atoms with Crippen molar-refractivity contribution in [2.75, 3.05) is 0 Å². The molecule has 0 aliphatic carbocycles. The number of aryl methyl sites for hydroxylation is 1. The number of hydrogen-bond acceptors (Lipinski definition) is 1. The van der Waals surface area contributed by atoms with Crippen LogP contribution in [0.2, 0.25) is 0 Å². The van der Waals surface area contributed by atoms with Crippen LogP contribution in [0.5, 0.6) is 0 Å². The van der Waals surface area contributed by atoms with Gasteiger partial charge in [-0.1, -0.05) is 35.9 Å². The number of benzene rings is 1. The molecule has 0 aromatic heterocycles. The Morgan fingerprint density at radius 2 is 2.00 bits per heavy atom. The molecule has 1 aromatic carbocycles. The number of carbonyl (C=O) groups is 1. The zero-order valence-electron chi connectivity index (χ0n) is 8.62. The highest BCUT2D eigenvalue weighted by Gasteiger charge is 2.03. The number of rotatable bonds is 5. The number of unbranched alkanes of at least 4 members (excludes halogenated alkanes) is 1. The molecular formula is C13H16O. The van der Waals surface area contributed by atoms with Crippen LogP contribution in [-0.4, -0.2) is 5.78 Å². The van der Waals surface area contributed by atoms with Gasteiger partial charge in [0.2, 0.25) is 0 Å². The molecule has 0 atom stereocenters. The maximum absolute atomic E-state index is 11.6. The normalized spacial score (nSPS) is 9.79. The van der Waals surface area contributed by atoms with Crippen molar-refractivity contribution >= 4 is 5.78 Å². The SMILES string of the molecule is C=CCCCC(=O)c1ccc(C)cc1. The van der Waals surface area contributed by atoms with Crippen molar-refractivity contribution in [1.29, 1.82) is 0 Å².